The SMILES string of the molecule is Cc1cccc(OCCNC(=O)c2ccccc2NC(=O)c2ccccc2Br)c1. The Balaban J connectivity index is 1.60. The van der Waals surface area contributed by atoms with Crippen molar-refractivity contribution in [3.63, 3.8) is 0 Å². The molecule has 0 saturated carbocycles. The van der Waals surface area contributed by atoms with E-state index in [0.29, 0.717) is 34.4 Å². The number of hydrogen-bond acceptors (Lipinski definition) is 3. The van der Waals surface area contributed by atoms with Crippen LogP contribution in [0.2, 0.25) is 0 Å². The van der Waals surface area contributed by atoms with E-state index in [1.165, 1.54) is 0 Å². The van der Waals surface area contributed by atoms with Crippen molar-refractivity contribution in [2.75, 3.05) is 18.5 Å². The predicted molar refractivity (Wildman–Crippen MR) is 118 cm³/mol. The minimum absolute atomic E-state index is 0.277. The molecule has 0 saturated heterocycles. The van der Waals surface area contributed by atoms with Crippen LogP contribution in [0.15, 0.2) is 77.3 Å². The zero-order chi connectivity index (χ0) is 20.6. The number of anilines is 1. The molecule has 148 valence electrons. The van der Waals surface area contributed by atoms with Gasteiger partial charge in [0.15, 0.2) is 0 Å². The molecule has 0 spiro atoms. The van der Waals surface area contributed by atoms with Gasteiger partial charge in [-0.25, -0.2) is 0 Å². The first kappa shape index (κ1) is 20.6. The highest BCUT2D eigenvalue weighted by Gasteiger charge is 2.15. The van der Waals surface area contributed by atoms with Crippen LogP contribution in [0.5, 0.6) is 5.75 Å². The highest BCUT2D eigenvalue weighted by atomic mass is 79.9. The Morgan fingerprint density at radius 2 is 1.62 bits per heavy atom. The van der Waals surface area contributed by atoms with E-state index in [4.69, 9.17) is 4.74 Å². The van der Waals surface area contributed by atoms with Crippen LogP contribution in [0.4, 0.5) is 5.69 Å². The maximum atomic E-state index is 12.6. The second-order valence-corrected chi connectivity index (χ2v) is 7.25. The normalized spacial score (nSPS) is 10.3. The van der Waals surface area contributed by atoms with Crippen LogP contribution in [0.3, 0.4) is 0 Å². The Morgan fingerprint density at radius 1 is 0.897 bits per heavy atom. The van der Waals surface area contributed by atoms with E-state index in [1.807, 2.05) is 37.3 Å². The van der Waals surface area contributed by atoms with Gasteiger partial charge < -0.3 is 15.4 Å². The Kier molecular flexibility index (Phi) is 7.03. The second kappa shape index (κ2) is 9.89. The first-order chi connectivity index (χ1) is 14.0. The fourth-order valence-electron chi connectivity index (χ4n) is 2.76. The molecule has 0 aliphatic heterocycles. The lowest BCUT2D eigenvalue weighted by atomic mass is 10.1. The van der Waals surface area contributed by atoms with Gasteiger partial charge in [-0.15, -0.1) is 0 Å². The lowest BCUT2D eigenvalue weighted by molar-refractivity contribution is 0.0948. The summed E-state index contributed by atoms with van der Waals surface area (Å²) < 4.78 is 6.34. The third-order valence-corrected chi connectivity index (χ3v) is 4.88. The fourth-order valence-corrected chi connectivity index (χ4v) is 3.22. The predicted octanol–water partition coefficient (Wildman–Crippen LogP) is 4.82. The monoisotopic (exact) mass is 452 g/mol. The van der Waals surface area contributed by atoms with E-state index in [-0.39, 0.29) is 11.8 Å². The number of para-hydroxylation sites is 1. The van der Waals surface area contributed by atoms with Crippen molar-refractivity contribution in [1.29, 1.82) is 0 Å². The Bertz CT molecular complexity index is 1020. The van der Waals surface area contributed by atoms with E-state index in [0.717, 1.165) is 11.3 Å². The summed E-state index contributed by atoms with van der Waals surface area (Å²) in [5, 5.41) is 5.63. The van der Waals surface area contributed by atoms with Crippen molar-refractivity contribution in [2.45, 2.75) is 6.92 Å². The third kappa shape index (κ3) is 5.68. The number of halogens is 1. The number of benzene rings is 3. The lowest BCUT2D eigenvalue weighted by Crippen LogP contribution is -2.29. The highest BCUT2D eigenvalue weighted by Crippen LogP contribution is 2.20. The summed E-state index contributed by atoms with van der Waals surface area (Å²) in [7, 11) is 0. The minimum atomic E-state index is -0.291. The van der Waals surface area contributed by atoms with Gasteiger partial charge in [-0.1, -0.05) is 36.4 Å². The van der Waals surface area contributed by atoms with Crippen molar-refractivity contribution < 1.29 is 14.3 Å². The van der Waals surface area contributed by atoms with Gasteiger partial charge in [-0.3, -0.25) is 9.59 Å². The molecule has 0 aliphatic rings. The second-order valence-electron chi connectivity index (χ2n) is 6.40. The standard InChI is InChI=1S/C23H21BrN2O3/c1-16-7-6-8-17(15-16)29-14-13-25-22(27)19-10-3-5-12-21(19)26-23(28)18-9-2-4-11-20(18)24/h2-12,15H,13-14H2,1H3,(H,25,27)(H,26,28). The molecule has 0 aliphatic carbocycles. The Hall–Kier alpha value is -3.12. The van der Waals surface area contributed by atoms with Crippen molar-refractivity contribution in [2.24, 2.45) is 0 Å². The summed E-state index contributed by atoms with van der Waals surface area (Å²) in [4.78, 5) is 25.2. The molecule has 2 N–H and O–H groups in total. The molecule has 0 unspecified atom stereocenters. The topological polar surface area (TPSA) is 67.4 Å². The van der Waals surface area contributed by atoms with Gasteiger partial charge in [-0.2, -0.15) is 0 Å². The van der Waals surface area contributed by atoms with Crippen LogP contribution in [-0.2, 0) is 0 Å². The van der Waals surface area contributed by atoms with Crippen LogP contribution < -0.4 is 15.4 Å². The summed E-state index contributed by atoms with van der Waals surface area (Å²) in [6.45, 7) is 2.69. The molecule has 0 bridgehead atoms. The molecular formula is C23H21BrN2O3. The van der Waals surface area contributed by atoms with E-state index in [2.05, 4.69) is 26.6 Å². The van der Waals surface area contributed by atoms with E-state index < -0.39 is 0 Å². The molecule has 5 nitrogen and oxygen atoms in total. The number of hydrogen-bond donors (Lipinski definition) is 2. The number of ether oxygens (including phenoxy) is 1. The number of amides is 2. The van der Waals surface area contributed by atoms with E-state index in [9.17, 15) is 9.59 Å². The van der Waals surface area contributed by atoms with Gasteiger partial charge in [0.2, 0.25) is 0 Å². The van der Waals surface area contributed by atoms with E-state index in [1.54, 1.807) is 42.5 Å². The first-order valence-electron chi connectivity index (χ1n) is 9.17. The zero-order valence-electron chi connectivity index (χ0n) is 15.9. The average molecular weight is 453 g/mol. The van der Waals surface area contributed by atoms with Gasteiger partial charge >= 0.3 is 0 Å². The fraction of sp³-hybridized carbons (Fsp3) is 0.130. The molecule has 0 heterocycles. The summed E-state index contributed by atoms with van der Waals surface area (Å²) in [6.07, 6.45) is 0. The van der Waals surface area contributed by atoms with Gasteiger partial charge in [0.05, 0.1) is 23.4 Å². The van der Waals surface area contributed by atoms with Crippen LogP contribution in [0.25, 0.3) is 0 Å². The maximum absolute atomic E-state index is 12.6. The van der Waals surface area contributed by atoms with E-state index >= 15 is 0 Å². The molecule has 0 atom stereocenters. The average Bonchev–Trinajstić information content (AvgIpc) is 2.72. The van der Waals surface area contributed by atoms with Gasteiger partial charge in [0.25, 0.3) is 11.8 Å². The number of carbonyl (C=O) groups excluding carboxylic acids is 2. The lowest BCUT2D eigenvalue weighted by Gasteiger charge is -2.12. The molecule has 6 heteroatoms. The smallest absolute Gasteiger partial charge is 0.256 e. The van der Waals surface area contributed by atoms with Crippen molar-refractivity contribution in [3.05, 3.63) is 94.0 Å². The molecule has 2 amide bonds. The van der Waals surface area contributed by atoms with Crippen LogP contribution >= 0.6 is 15.9 Å². The summed E-state index contributed by atoms with van der Waals surface area (Å²) in [5.41, 5.74) is 2.45. The largest absolute Gasteiger partial charge is 0.492 e. The summed E-state index contributed by atoms with van der Waals surface area (Å²) in [5.74, 6) is 0.196. The first-order valence-corrected chi connectivity index (χ1v) is 9.96. The summed E-state index contributed by atoms with van der Waals surface area (Å²) >= 11 is 3.37. The Labute approximate surface area is 178 Å². The van der Waals surface area contributed by atoms with Crippen molar-refractivity contribution in [1.82, 2.24) is 5.32 Å². The molecule has 3 rings (SSSR count). The van der Waals surface area contributed by atoms with Crippen LogP contribution in [-0.4, -0.2) is 25.0 Å². The number of nitrogens with one attached hydrogen (secondary N) is 2. The maximum Gasteiger partial charge on any atom is 0.256 e. The highest BCUT2D eigenvalue weighted by molar-refractivity contribution is 9.10. The van der Waals surface area contributed by atoms with Crippen molar-refractivity contribution >= 4 is 33.4 Å². The van der Waals surface area contributed by atoms with Crippen LogP contribution in [0, 0.1) is 6.92 Å². The molecule has 3 aromatic rings. The van der Waals surface area contributed by atoms with Gasteiger partial charge in [0.1, 0.15) is 12.4 Å². The Morgan fingerprint density at radius 3 is 2.38 bits per heavy atom. The third-order valence-electron chi connectivity index (χ3n) is 4.18. The molecule has 0 radical (unpaired) electrons. The van der Waals surface area contributed by atoms with Gasteiger partial charge in [0, 0.05) is 4.47 Å². The minimum Gasteiger partial charge on any atom is -0.492 e. The molecule has 0 fully saturated rings. The van der Waals surface area contributed by atoms with Crippen molar-refractivity contribution in [3.8, 4) is 5.75 Å². The summed E-state index contributed by atoms with van der Waals surface area (Å²) in [6, 6.07) is 21.8. The number of rotatable bonds is 7. The molecule has 0 aromatic heterocycles. The molecule has 3 aromatic carbocycles. The number of aryl methyl sites for hydroxylation is 1. The molecular weight excluding hydrogens is 432 g/mol. The quantitative estimate of drug-likeness (QED) is 0.505. The zero-order valence-corrected chi connectivity index (χ0v) is 17.5. The van der Waals surface area contributed by atoms with Crippen LogP contribution in [0.1, 0.15) is 26.3 Å². The number of carbonyl (C=O) groups is 2. The molecule has 29 heavy (non-hydrogen) atoms. The van der Waals surface area contributed by atoms with Gasteiger partial charge in [-0.05, 0) is 64.8 Å².